The molecule has 124 valence electrons. The molecule has 7 nitrogen and oxygen atoms in total. The van der Waals surface area contributed by atoms with Crippen LogP contribution in [0, 0.1) is 0 Å². The zero-order chi connectivity index (χ0) is 16.5. The third-order valence-corrected chi connectivity index (χ3v) is 2.67. The molecule has 7 heteroatoms. The SMILES string of the molecule is O=C(O)CCCCCCCCCCC(=O)O.O=C(O)CO. The normalized spacial score (nSPS) is 9.57. The summed E-state index contributed by atoms with van der Waals surface area (Å²) in [5.74, 6) is -2.62. The third kappa shape index (κ3) is 27.5. The van der Waals surface area contributed by atoms with Crippen molar-refractivity contribution in [3.8, 4) is 0 Å². The van der Waals surface area contributed by atoms with Crippen LogP contribution in [-0.2, 0) is 14.4 Å². The number of carboxylic acid groups (broad SMARTS) is 3. The van der Waals surface area contributed by atoms with Crippen molar-refractivity contribution in [2.45, 2.75) is 64.2 Å². The van der Waals surface area contributed by atoms with Crippen LogP contribution in [0.1, 0.15) is 64.2 Å². The number of aliphatic hydroxyl groups is 1. The highest BCUT2D eigenvalue weighted by atomic mass is 16.4. The molecule has 0 rings (SSSR count). The van der Waals surface area contributed by atoms with E-state index in [0.717, 1.165) is 51.4 Å². The highest BCUT2D eigenvalue weighted by molar-refractivity contribution is 5.67. The number of hydrogen-bond acceptors (Lipinski definition) is 4. The van der Waals surface area contributed by atoms with Crippen molar-refractivity contribution in [2.75, 3.05) is 6.61 Å². The maximum Gasteiger partial charge on any atom is 0.329 e. The largest absolute Gasteiger partial charge is 0.481 e. The molecule has 0 aliphatic rings. The lowest BCUT2D eigenvalue weighted by Crippen LogP contribution is -1.98. The standard InChI is InChI=1S/C12H22O4.C2H4O3/c13-11(14)9-7-5-3-1-2-4-6-8-10-12(15)16;3-1-2(4)5/h1-10H2,(H,13,14)(H,15,16);3H,1H2,(H,4,5). The summed E-state index contributed by atoms with van der Waals surface area (Å²) in [4.78, 5) is 29.5. The van der Waals surface area contributed by atoms with Crippen molar-refractivity contribution in [3.05, 3.63) is 0 Å². The quantitative estimate of drug-likeness (QED) is 0.406. The van der Waals surface area contributed by atoms with E-state index in [1.807, 2.05) is 0 Å². The van der Waals surface area contributed by atoms with Crippen LogP contribution in [0.2, 0.25) is 0 Å². The summed E-state index contributed by atoms with van der Waals surface area (Å²) in [6, 6.07) is 0. The van der Waals surface area contributed by atoms with Gasteiger partial charge < -0.3 is 20.4 Å². The van der Waals surface area contributed by atoms with E-state index < -0.39 is 24.5 Å². The van der Waals surface area contributed by atoms with Gasteiger partial charge in [-0.3, -0.25) is 9.59 Å². The summed E-state index contributed by atoms with van der Waals surface area (Å²) in [7, 11) is 0. The van der Waals surface area contributed by atoms with Gasteiger partial charge >= 0.3 is 17.9 Å². The number of carboxylic acids is 3. The second-order valence-electron chi connectivity index (χ2n) is 4.67. The predicted molar refractivity (Wildman–Crippen MR) is 76.2 cm³/mol. The van der Waals surface area contributed by atoms with E-state index in [9.17, 15) is 9.59 Å². The Hall–Kier alpha value is -1.63. The molecular weight excluding hydrogens is 280 g/mol. The molecule has 0 radical (unpaired) electrons. The molecule has 0 atom stereocenters. The molecule has 0 bridgehead atoms. The van der Waals surface area contributed by atoms with Gasteiger partial charge in [-0.15, -0.1) is 0 Å². The molecule has 0 amide bonds. The fourth-order valence-corrected chi connectivity index (χ4v) is 1.61. The molecule has 0 aromatic heterocycles. The lowest BCUT2D eigenvalue weighted by atomic mass is 10.1. The van der Waals surface area contributed by atoms with Crippen molar-refractivity contribution >= 4 is 17.9 Å². The Bertz CT molecular complexity index is 267. The molecule has 0 fully saturated rings. The first-order chi connectivity index (χ1) is 9.90. The summed E-state index contributed by atoms with van der Waals surface area (Å²) < 4.78 is 0. The Morgan fingerprint density at radius 3 is 0.952 bits per heavy atom. The molecule has 4 N–H and O–H groups in total. The molecule has 0 aromatic rings. The van der Waals surface area contributed by atoms with E-state index in [1.165, 1.54) is 0 Å². The Morgan fingerprint density at radius 1 is 0.524 bits per heavy atom. The summed E-state index contributed by atoms with van der Waals surface area (Å²) in [6.45, 7) is -0.778. The van der Waals surface area contributed by atoms with Crippen LogP contribution in [0.3, 0.4) is 0 Å². The van der Waals surface area contributed by atoms with Crippen molar-refractivity contribution in [3.63, 3.8) is 0 Å². The van der Waals surface area contributed by atoms with Gasteiger partial charge in [0.1, 0.15) is 6.61 Å². The molecule has 0 unspecified atom stereocenters. The van der Waals surface area contributed by atoms with E-state index in [2.05, 4.69) is 0 Å². The molecule has 21 heavy (non-hydrogen) atoms. The van der Waals surface area contributed by atoms with Crippen molar-refractivity contribution in [1.82, 2.24) is 0 Å². The highest BCUT2D eigenvalue weighted by Gasteiger charge is 1.98. The fourth-order valence-electron chi connectivity index (χ4n) is 1.61. The lowest BCUT2D eigenvalue weighted by Gasteiger charge is -2.00. The number of aliphatic carboxylic acids is 3. The Kier molecular flexibility index (Phi) is 16.9. The molecule has 0 heterocycles. The van der Waals surface area contributed by atoms with E-state index in [4.69, 9.17) is 25.2 Å². The van der Waals surface area contributed by atoms with Crippen molar-refractivity contribution in [1.29, 1.82) is 0 Å². The fraction of sp³-hybridized carbons (Fsp3) is 0.786. The third-order valence-electron chi connectivity index (χ3n) is 2.67. The lowest BCUT2D eigenvalue weighted by molar-refractivity contribution is -0.140. The first-order valence-corrected chi connectivity index (χ1v) is 7.16. The zero-order valence-electron chi connectivity index (χ0n) is 12.3. The van der Waals surface area contributed by atoms with E-state index >= 15 is 0 Å². The van der Waals surface area contributed by atoms with Crippen LogP contribution >= 0.6 is 0 Å². The first-order valence-electron chi connectivity index (χ1n) is 7.16. The first kappa shape index (κ1) is 21.7. The molecule has 0 saturated heterocycles. The minimum Gasteiger partial charge on any atom is -0.481 e. The maximum atomic E-state index is 10.2. The summed E-state index contributed by atoms with van der Waals surface area (Å²) in [5.41, 5.74) is 0. The molecule has 0 aliphatic carbocycles. The van der Waals surface area contributed by atoms with Crippen LogP contribution in [0.5, 0.6) is 0 Å². The van der Waals surface area contributed by atoms with Crippen LogP contribution < -0.4 is 0 Å². The second kappa shape index (κ2) is 16.4. The molecule has 0 aliphatic heterocycles. The summed E-state index contributed by atoms with van der Waals surface area (Å²) in [6.07, 6.45) is 8.51. The van der Waals surface area contributed by atoms with Gasteiger partial charge in [-0.25, -0.2) is 4.79 Å². The van der Waals surface area contributed by atoms with Gasteiger partial charge in [0.25, 0.3) is 0 Å². The minimum absolute atomic E-state index is 0.276. The van der Waals surface area contributed by atoms with Gasteiger partial charge in [-0.05, 0) is 12.8 Å². The van der Waals surface area contributed by atoms with E-state index in [-0.39, 0.29) is 12.8 Å². The van der Waals surface area contributed by atoms with Crippen LogP contribution in [0.15, 0.2) is 0 Å². The van der Waals surface area contributed by atoms with Crippen LogP contribution in [0.4, 0.5) is 0 Å². The number of carbonyl (C=O) groups is 3. The molecule has 0 aromatic carbocycles. The van der Waals surface area contributed by atoms with Crippen molar-refractivity contribution < 1.29 is 34.8 Å². The van der Waals surface area contributed by atoms with Gasteiger partial charge in [0.05, 0.1) is 0 Å². The molecule has 0 saturated carbocycles. The van der Waals surface area contributed by atoms with Crippen LogP contribution in [-0.4, -0.2) is 44.9 Å². The number of aliphatic hydroxyl groups excluding tert-OH is 1. The topological polar surface area (TPSA) is 132 Å². The van der Waals surface area contributed by atoms with Gasteiger partial charge in [0.2, 0.25) is 0 Å². The zero-order valence-corrected chi connectivity index (χ0v) is 12.3. The average Bonchev–Trinajstić information content (AvgIpc) is 2.40. The van der Waals surface area contributed by atoms with Gasteiger partial charge in [-0.2, -0.15) is 0 Å². The summed E-state index contributed by atoms with van der Waals surface area (Å²) in [5, 5.41) is 31.8. The minimum atomic E-state index is -1.19. The predicted octanol–water partition coefficient (Wildman–Crippen LogP) is 2.12. The van der Waals surface area contributed by atoms with Gasteiger partial charge in [0, 0.05) is 12.8 Å². The van der Waals surface area contributed by atoms with Crippen molar-refractivity contribution in [2.24, 2.45) is 0 Å². The Labute approximate surface area is 124 Å². The van der Waals surface area contributed by atoms with E-state index in [0.29, 0.717) is 0 Å². The number of rotatable bonds is 12. The Balaban J connectivity index is 0. The average molecular weight is 306 g/mol. The Morgan fingerprint density at radius 2 is 0.762 bits per heavy atom. The smallest absolute Gasteiger partial charge is 0.329 e. The maximum absolute atomic E-state index is 10.2. The van der Waals surface area contributed by atoms with Gasteiger partial charge in [-0.1, -0.05) is 38.5 Å². The number of hydrogen-bond donors (Lipinski definition) is 4. The number of unbranched alkanes of at least 4 members (excludes halogenated alkanes) is 7. The second-order valence-corrected chi connectivity index (χ2v) is 4.67. The van der Waals surface area contributed by atoms with Crippen LogP contribution in [0.25, 0.3) is 0 Å². The molecule has 0 spiro atoms. The van der Waals surface area contributed by atoms with E-state index in [1.54, 1.807) is 0 Å². The van der Waals surface area contributed by atoms with Gasteiger partial charge in [0.15, 0.2) is 0 Å². The highest BCUT2D eigenvalue weighted by Crippen LogP contribution is 2.10. The monoisotopic (exact) mass is 306 g/mol. The summed E-state index contributed by atoms with van der Waals surface area (Å²) >= 11 is 0. The molecular formula is C14H26O7.